The van der Waals surface area contributed by atoms with Crippen LogP contribution in [0.5, 0.6) is 0 Å². The topological polar surface area (TPSA) is 53.9 Å². The molecule has 1 aromatic heterocycles. The molecule has 0 aliphatic rings. The average Bonchev–Trinajstić information content (AvgIpc) is 3.08. The van der Waals surface area contributed by atoms with Gasteiger partial charge in [0.2, 0.25) is 0 Å². The average molecular weight is 421 g/mol. The maximum Gasteiger partial charge on any atom is 0.279 e. The maximum absolute atomic E-state index is 12.4. The van der Waals surface area contributed by atoms with Crippen molar-refractivity contribution in [2.75, 3.05) is 31.5 Å². The molecule has 0 spiro atoms. The lowest BCUT2D eigenvalue weighted by molar-refractivity contribution is -0.899. The molecule has 2 amide bonds. The molecule has 5 nitrogen and oxygen atoms in total. The molecule has 0 bridgehead atoms. The van der Waals surface area contributed by atoms with E-state index in [9.17, 15) is 9.59 Å². The molecule has 150 valence electrons. The van der Waals surface area contributed by atoms with Gasteiger partial charge >= 0.3 is 0 Å². The zero-order valence-corrected chi connectivity index (χ0v) is 17.9. The summed E-state index contributed by atoms with van der Waals surface area (Å²) in [7, 11) is 0. The predicted molar refractivity (Wildman–Crippen MR) is 116 cm³/mol. The van der Waals surface area contributed by atoms with Crippen LogP contribution in [0.1, 0.15) is 29.1 Å². The molecule has 1 aromatic carbocycles. The van der Waals surface area contributed by atoms with E-state index >= 15 is 0 Å². The minimum atomic E-state index is -0.0812. The van der Waals surface area contributed by atoms with Crippen molar-refractivity contribution in [3.8, 4) is 0 Å². The summed E-state index contributed by atoms with van der Waals surface area (Å²) in [5, 5.41) is 2.90. The molecular weight excluding hydrogens is 394 g/mol. The molecule has 28 heavy (non-hydrogen) atoms. The second-order valence-corrected chi connectivity index (χ2v) is 8.20. The quantitative estimate of drug-likeness (QED) is 0.580. The van der Waals surface area contributed by atoms with Gasteiger partial charge in [0, 0.05) is 24.3 Å². The molecular formula is C21H27ClN3O2S+. The molecule has 1 unspecified atom stereocenters. The fourth-order valence-corrected chi connectivity index (χ4v) is 4.09. The van der Waals surface area contributed by atoms with Gasteiger partial charge in [-0.15, -0.1) is 11.3 Å². The smallest absolute Gasteiger partial charge is 0.279 e. The first-order chi connectivity index (χ1) is 13.5. The summed E-state index contributed by atoms with van der Waals surface area (Å²) in [5.41, 5.74) is 1.30. The van der Waals surface area contributed by atoms with E-state index in [4.69, 9.17) is 11.6 Å². The first-order valence-corrected chi connectivity index (χ1v) is 10.5. The third-order valence-corrected chi connectivity index (χ3v) is 5.59. The zero-order valence-electron chi connectivity index (χ0n) is 16.3. The lowest BCUT2D eigenvalue weighted by atomic mass is 10.1. The van der Waals surface area contributed by atoms with Crippen molar-refractivity contribution >= 4 is 40.4 Å². The van der Waals surface area contributed by atoms with Crippen molar-refractivity contribution < 1.29 is 14.5 Å². The highest BCUT2D eigenvalue weighted by molar-refractivity contribution is 7.16. The lowest BCUT2D eigenvalue weighted by Crippen LogP contribution is -3.11. The van der Waals surface area contributed by atoms with Crippen LogP contribution in [0.25, 0.3) is 0 Å². The number of hydrogen-bond donors (Lipinski definition) is 2. The normalized spacial score (nSPS) is 11.7. The van der Waals surface area contributed by atoms with Crippen LogP contribution in [-0.4, -0.2) is 42.9 Å². The summed E-state index contributed by atoms with van der Waals surface area (Å²) < 4.78 is 0.747. The third-order valence-electron chi connectivity index (χ3n) is 4.36. The first kappa shape index (κ1) is 22.1. The van der Waals surface area contributed by atoms with E-state index in [1.54, 1.807) is 29.2 Å². The van der Waals surface area contributed by atoms with Crippen molar-refractivity contribution in [1.82, 2.24) is 4.90 Å². The van der Waals surface area contributed by atoms with Crippen molar-refractivity contribution in [1.29, 1.82) is 0 Å². The number of thiophene rings is 1. The van der Waals surface area contributed by atoms with Gasteiger partial charge in [0.05, 0.1) is 15.8 Å². The van der Waals surface area contributed by atoms with Crippen LogP contribution in [0.15, 0.2) is 49.1 Å². The number of benzene rings is 1. The summed E-state index contributed by atoms with van der Waals surface area (Å²) in [6.45, 7) is 10.8. The number of halogens is 1. The molecule has 1 atom stereocenters. The van der Waals surface area contributed by atoms with E-state index in [-0.39, 0.29) is 11.8 Å². The standard InChI is InChI=1S/C21H26ClN3O2S/c1-4-13-24(14-18-11-12-19(22)28-18)15-20(26)23-17-9-7-16(8-10-17)21(27)25(5-2)6-3/h4,7-12H,1,5-6,13-15H2,2-3H3,(H,23,26)/p+1. The van der Waals surface area contributed by atoms with Crippen LogP contribution >= 0.6 is 22.9 Å². The summed E-state index contributed by atoms with van der Waals surface area (Å²) in [6, 6.07) is 10.9. The lowest BCUT2D eigenvalue weighted by Gasteiger charge is -2.19. The Kier molecular flexibility index (Phi) is 8.70. The van der Waals surface area contributed by atoms with Gasteiger partial charge in [0.15, 0.2) is 6.54 Å². The number of carbonyl (C=O) groups excluding carboxylic acids is 2. The molecule has 0 radical (unpaired) electrons. The Balaban J connectivity index is 1.95. The Morgan fingerprint density at radius 2 is 1.86 bits per heavy atom. The van der Waals surface area contributed by atoms with E-state index in [0.29, 0.717) is 44.0 Å². The summed E-state index contributed by atoms with van der Waals surface area (Å²) in [4.78, 5) is 28.8. The van der Waals surface area contributed by atoms with E-state index in [1.807, 2.05) is 32.1 Å². The largest absolute Gasteiger partial charge is 0.339 e. The van der Waals surface area contributed by atoms with Gasteiger partial charge in [-0.2, -0.15) is 0 Å². The molecule has 0 aliphatic heterocycles. The Labute approximate surface area is 175 Å². The Morgan fingerprint density at radius 1 is 1.18 bits per heavy atom. The highest BCUT2D eigenvalue weighted by Crippen LogP contribution is 2.20. The molecule has 2 aromatic rings. The first-order valence-electron chi connectivity index (χ1n) is 9.34. The van der Waals surface area contributed by atoms with Crippen molar-refractivity contribution in [2.24, 2.45) is 0 Å². The molecule has 0 fully saturated rings. The van der Waals surface area contributed by atoms with Crippen molar-refractivity contribution in [3.63, 3.8) is 0 Å². The van der Waals surface area contributed by atoms with Crippen LogP contribution < -0.4 is 10.2 Å². The monoisotopic (exact) mass is 420 g/mol. The predicted octanol–water partition coefficient (Wildman–Crippen LogP) is 3.09. The molecule has 0 saturated carbocycles. The molecule has 0 aliphatic carbocycles. The van der Waals surface area contributed by atoms with Crippen molar-refractivity contribution in [3.05, 3.63) is 63.8 Å². The van der Waals surface area contributed by atoms with E-state index in [2.05, 4.69) is 11.9 Å². The van der Waals surface area contributed by atoms with Gasteiger partial charge in [-0.25, -0.2) is 0 Å². The number of anilines is 1. The number of rotatable bonds is 10. The number of amides is 2. The second kappa shape index (κ2) is 11.0. The zero-order chi connectivity index (χ0) is 20.5. The SMILES string of the molecule is C=CC[NH+](CC(=O)Nc1ccc(C(=O)N(CC)CC)cc1)Cc1ccc(Cl)s1. The van der Waals surface area contributed by atoms with Gasteiger partial charge in [-0.05, 0) is 56.3 Å². The van der Waals surface area contributed by atoms with Crippen LogP contribution in [0.2, 0.25) is 4.34 Å². The maximum atomic E-state index is 12.4. The van der Waals surface area contributed by atoms with E-state index in [1.165, 1.54) is 11.3 Å². The number of hydrogen-bond acceptors (Lipinski definition) is 3. The van der Waals surface area contributed by atoms with Gasteiger partial charge in [-0.3, -0.25) is 9.59 Å². The van der Waals surface area contributed by atoms with Crippen LogP contribution in [-0.2, 0) is 11.3 Å². The van der Waals surface area contributed by atoms with Gasteiger partial charge < -0.3 is 15.1 Å². The minimum absolute atomic E-state index is 0.000845. The number of quaternary nitrogens is 1. The fourth-order valence-electron chi connectivity index (χ4n) is 2.93. The summed E-state index contributed by atoms with van der Waals surface area (Å²) in [6.07, 6.45) is 1.81. The molecule has 0 saturated heterocycles. The Morgan fingerprint density at radius 3 is 2.39 bits per heavy atom. The molecule has 2 rings (SSSR count). The molecule has 1 heterocycles. The van der Waals surface area contributed by atoms with Crippen LogP contribution in [0, 0.1) is 0 Å². The summed E-state index contributed by atoms with van der Waals surface area (Å²) in [5.74, 6) is -0.0820. The van der Waals surface area contributed by atoms with Gasteiger partial charge in [0.25, 0.3) is 11.8 Å². The Bertz CT molecular complexity index is 800. The highest BCUT2D eigenvalue weighted by Gasteiger charge is 2.16. The van der Waals surface area contributed by atoms with E-state index < -0.39 is 0 Å². The second-order valence-electron chi connectivity index (χ2n) is 6.41. The van der Waals surface area contributed by atoms with Crippen LogP contribution in [0.3, 0.4) is 0 Å². The van der Waals surface area contributed by atoms with Gasteiger partial charge in [-0.1, -0.05) is 18.2 Å². The third kappa shape index (κ3) is 6.48. The number of nitrogens with zero attached hydrogens (tertiary/aromatic N) is 1. The molecule has 2 N–H and O–H groups in total. The number of nitrogens with one attached hydrogen (secondary N) is 2. The van der Waals surface area contributed by atoms with Crippen LogP contribution in [0.4, 0.5) is 5.69 Å². The van der Waals surface area contributed by atoms with Gasteiger partial charge in [0.1, 0.15) is 6.54 Å². The minimum Gasteiger partial charge on any atom is -0.339 e. The van der Waals surface area contributed by atoms with E-state index in [0.717, 1.165) is 14.1 Å². The summed E-state index contributed by atoms with van der Waals surface area (Å²) >= 11 is 7.52. The highest BCUT2D eigenvalue weighted by atomic mass is 35.5. The fraction of sp³-hybridized carbons (Fsp3) is 0.333. The molecule has 7 heteroatoms. The Hall–Kier alpha value is -2.15. The number of carbonyl (C=O) groups is 2. The van der Waals surface area contributed by atoms with Crippen molar-refractivity contribution in [2.45, 2.75) is 20.4 Å².